The van der Waals surface area contributed by atoms with Crippen LogP contribution in [0.4, 0.5) is 5.69 Å². The van der Waals surface area contributed by atoms with Crippen LogP contribution < -0.4 is 0 Å². The summed E-state index contributed by atoms with van der Waals surface area (Å²) in [7, 11) is 0. The van der Waals surface area contributed by atoms with Crippen molar-refractivity contribution in [2.75, 3.05) is 0 Å². The number of benzene rings is 1. The Kier molecular flexibility index (Phi) is 4.20. The zero-order valence-corrected chi connectivity index (χ0v) is 12.6. The molecule has 22 heavy (non-hydrogen) atoms. The molecule has 0 heterocycles. The van der Waals surface area contributed by atoms with Crippen molar-refractivity contribution in [3.8, 4) is 6.07 Å². The maximum absolute atomic E-state index is 12.4. The molecule has 1 aliphatic rings. The van der Waals surface area contributed by atoms with Crippen LogP contribution in [-0.2, 0) is 4.79 Å². The zero-order chi connectivity index (χ0) is 16.5. The lowest BCUT2D eigenvalue weighted by Gasteiger charge is -2.36. The highest BCUT2D eigenvalue weighted by Gasteiger charge is 2.42. The number of aliphatic hydroxyl groups is 1. The van der Waals surface area contributed by atoms with Gasteiger partial charge in [-0.2, -0.15) is 5.26 Å². The summed E-state index contributed by atoms with van der Waals surface area (Å²) in [5, 5.41) is 30.6. The molecular weight excluding hydrogens is 308 g/mol. The van der Waals surface area contributed by atoms with Crippen molar-refractivity contribution >= 4 is 28.8 Å². The first kappa shape index (κ1) is 16.0. The first-order chi connectivity index (χ1) is 10.3. The number of hydrogen-bond acceptors (Lipinski definition) is 5. The van der Waals surface area contributed by atoms with Crippen molar-refractivity contribution in [2.24, 2.45) is 5.41 Å². The summed E-state index contributed by atoms with van der Waals surface area (Å²) >= 11 is 5.71. The minimum atomic E-state index is -0.720. The molecule has 0 amide bonds. The van der Waals surface area contributed by atoms with Crippen LogP contribution in [0.2, 0.25) is 5.02 Å². The van der Waals surface area contributed by atoms with E-state index in [1.165, 1.54) is 12.1 Å². The molecule has 0 radical (unpaired) electrons. The molecule has 0 aliphatic heterocycles. The first-order valence-electron chi connectivity index (χ1n) is 6.62. The summed E-state index contributed by atoms with van der Waals surface area (Å²) < 4.78 is 0. The number of nitriles is 1. The fourth-order valence-corrected chi connectivity index (χ4v) is 2.60. The van der Waals surface area contributed by atoms with Crippen LogP contribution in [0, 0.1) is 26.9 Å². The molecule has 1 N–H and O–H groups in total. The number of allylic oxidation sites excluding steroid dienone is 1. The van der Waals surface area contributed by atoms with E-state index in [4.69, 9.17) is 11.6 Å². The number of nitro groups is 1. The van der Waals surface area contributed by atoms with Crippen LogP contribution in [-0.4, -0.2) is 15.8 Å². The van der Waals surface area contributed by atoms with Crippen LogP contribution >= 0.6 is 11.6 Å². The van der Waals surface area contributed by atoms with Gasteiger partial charge in [0.05, 0.1) is 10.5 Å². The number of halogens is 1. The number of nitro benzene ring substituents is 1. The number of nitrogens with zero attached hydrogens (tertiary/aromatic N) is 2. The molecule has 0 bridgehead atoms. The van der Waals surface area contributed by atoms with Crippen molar-refractivity contribution in [2.45, 2.75) is 26.2 Å². The topological polar surface area (TPSA) is 104 Å². The molecule has 114 valence electrons. The molecule has 0 spiro atoms. The van der Waals surface area contributed by atoms with Gasteiger partial charge in [0.25, 0.3) is 5.69 Å². The zero-order valence-electron chi connectivity index (χ0n) is 11.8. The van der Waals surface area contributed by atoms with E-state index in [9.17, 15) is 25.3 Å². The molecule has 0 atom stereocenters. The monoisotopic (exact) mass is 320 g/mol. The van der Waals surface area contributed by atoms with Crippen LogP contribution in [0.1, 0.15) is 31.7 Å². The molecular formula is C15H13ClN2O4. The predicted molar refractivity (Wildman–Crippen MR) is 80.2 cm³/mol. The summed E-state index contributed by atoms with van der Waals surface area (Å²) in [4.78, 5) is 22.8. The molecule has 6 nitrogen and oxygen atoms in total. The maximum atomic E-state index is 12.4. The Morgan fingerprint density at radius 2 is 2.14 bits per heavy atom. The normalized spacial score (nSPS) is 17.0. The van der Waals surface area contributed by atoms with Gasteiger partial charge in [0.15, 0.2) is 11.5 Å². The van der Waals surface area contributed by atoms with Crippen LogP contribution in [0.15, 0.2) is 23.8 Å². The van der Waals surface area contributed by atoms with Gasteiger partial charge in [0, 0.05) is 16.5 Å². The molecule has 7 heteroatoms. The van der Waals surface area contributed by atoms with Gasteiger partial charge >= 0.3 is 0 Å². The van der Waals surface area contributed by atoms with Gasteiger partial charge in [-0.1, -0.05) is 24.9 Å². The van der Waals surface area contributed by atoms with Crippen molar-refractivity contribution in [3.63, 3.8) is 0 Å². The summed E-state index contributed by atoms with van der Waals surface area (Å²) in [6.07, 6.45) is 2.14. The van der Waals surface area contributed by atoms with Crippen molar-refractivity contribution in [1.82, 2.24) is 0 Å². The molecule has 0 aromatic heterocycles. The number of Topliss-reactive ketones (excluding diaryl/α,β-unsaturated/α-hetero) is 1. The third kappa shape index (κ3) is 2.68. The number of carbonyl (C=O) groups is 1. The predicted octanol–water partition coefficient (Wildman–Crippen LogP) is 3.80. The number of aliphatic hydroxyl groups excluding tert-OH is 1. The minimum Gasteiger partial charge on any atom is -0.506 e. The second-order valence-corrected chi connectivity index (χ2v) is 5.93. The lowest BCUT2D eigenvalue weighted by atomic mass is 9.66. The molecule has 1 saturated carbocycles. The average Bonchev–Trinajstić information content (AvgIpc) is 2.44. The Morgan fingerprint density at radius 1 is 1.50 bits per heavy atom. The average molecular weight is 321 g/mol. The smallest absolute Gasteiger partial charge is 0.281 e. The summed E-state index contributed by atoms with van der Waals surface area (Å²) in [6.45, 7) is 1.72. The molecule has 1 aliphatic carbocycles. The Hall–Kier alpha value is -2.39. The Bertz CT molecular complexity index is 730. The molecule has 0 unspecified atom stereocenters. The number of ketones is 1. The Labute approximate surface area is 131 Å². The molecule has 2 rings (SSSR count). The van der Waals surface area contributed by atoms with E-state index < -0.39 is 33.1 Å². The largest absolute Gasteiger partial charge is 0.506 e. The minimum absolute atomic E-state index is 0.124. The quantitative estimate of drug-likeness (QED) is 0.299. The lowest BCUT2D eigenvalue weighted by Crippen LogP contribution is -2.36. The van der Waals surface area contributed by atoms with E-state index in [1.807, 2.05) is 0 Å². The standard InChI is InChI=1S/C15H13ClN2O4/c1-15(5-2-6-15)14(20)11(8-17)13(19)10-4-3-9(16)7-12(10)18(21)22/h3-4,7,19H,2,5-6H2,1H3/b13-11+. The molecule has 1 aromatic rings. The molecule has 1 aromatic carbocycles. The van der Waals surface area contributed by atoms with E-state index in [0.29, 0.717) is 12.8 Å². The maximum Gasteiger partial charge on any atom is 0.281 e. The summed E-state index contributed by atoms with van der Waals surface area (Å²) in [5.74, 6) is -1.16. The van der Waals surface area contributed by atoms with Gasteiger partial charge < -0.3 is 5.11 Å². The van der Waals surface area contributed by atoms with Gasteiger partial charge in [0.1, 0.15) is 11.6 Å². The van der Waals surface area contributed by atoms with E-state index in [1.54, 1.807) is 13.0 Å². The lowest BCUT2D eigenvalue weighted by molar-refractivity contribution is -0.385. The van der Waals surface area contributed by atoms with Gasteiger partial charge in [-0.3, -0.25) is 14.9 Å². The Balaban J connectivity index is 2.57. The number of hydrogen-bond donors (Lipinski definition) is 1. The van der Waals surface area contributed by atoms with Gasteiger partial charge in [-0.25, -0.2) is 0 Å². The van der Waals surface area contributed by atoms with Crippen molar-refractivity contribution in [1.29, 1.82) is 5.26 Å². The van der Waals surface area contributed by atoms with Gasteiger partial charge in [-0.05, 0) is 25.0 Å². The van der Waals surface area contributed by atoms with E-state index in [2.05, 4.69) is 0 Å². The number of rotatable bonds is 4. The van der Waals surface area contributed by atoms with Crippen LogP contribution in [0.5, 0.6) is 0 Å². The van der Waals surface area contributed by atoms with E-state index >= 15 is 0 Å². The van der Waals surface area contributed by atoms with Crippen LogP contribution in [0.3, 0.4) is 0 Å². The van der Waals surface area contributed by atoms with Crippen LogP contribution in [0.25, 0.3) is 5.76 Å². The van der Waals surface area contributed by atoms with Gasteiger partial charge in [-0.15, -0.1) is 0 Å². The highest BCUT2D eigenvalue weighted by molar-refractivity contribution is 6.30. The first-order valence-corrected chi connectivity index (χ1v) is 7.00. The number of carbonyl (C=O) groups excluding carboxylic acids is 1. The fourth-order valence-electron chi connectivity index (χ4n) is 2.44. The third-order valence-electron chi connectivity index (χ3n) is 3.99. The molecule has 0 saturated heterocycles. The second kappa shape index (κ2) is 5.78. The summed E-state index contributed by atoms with van der Waals surface area (Å²) in [5.41, 5.74) is -1.78. The van der Waals surface area contributed by atoms with Gasteiger partial charge in [0.2, 0.25) is 0 Å². The Morgan fingerprint density at radius 3 is 2.59 bits per heavy atom. The third-order valence-corrected chi connectivity index (χ3v) is 4.23. The van der Waals surface area contributed by atoms with E-state index in [-0.39, 0.29) is 10.6 Å². The SMILES string of the molecule is CC1(C(=O)/C(C#N)=C(/O)c2ccc(Cl)cc2[N+](=O)[O-])CCC1. The summed E-state index contributed by atoms with van der Waals surface area (Å²) in [6, 6.07) is 5.32. The fraction of sp³-hybridized carbons (Fsp3) is 0.333. The molecule has 1 fully saturated rings. The van der Waals surface area contributed by atoms with Crippen molar-refractivity contribution in [3.05, 3.63) is 44.5 Å². The van der Waals surface area contributed by atoms with E-state index in [0.717, 1.165) is 12.5 Å². The highest BCUT2D eigenvalue weighted by atomic mass is 35.5. The highest BCUT2D eigenvalue weighted by Crippen LogP contribution is 2.44. The second-order valence-electron chi connectivity index (χ2n) is 5.50. The van der Waals surface area contributed by atoms with Crippen molar-refractivity contribution < 1.29 is 14.8 Å².